The molecule has 0 atom stereocenters. The Morgan fingerprint density at radius 1 is 1.19 bits per heavy atom. The van der Waals surface area contributed by atoms with Crippen LogP contribution in [0, 0.1) is 11.3 Å². The van der Waals surface area contributed by atoms with E-state index in [2.05, 4.69) is 16.0 Å². The molecule has 0 saturated carbocycles. The highest BCUT2D eigenvalue weighted by atomic mass is 32.2. The van der Waals surface area contributed by atoms with Crippen molar-refractivity contribution in [1.29, 1.82) is 5.26 Å². The molecule has 132 valence electrons. The van der Waals surface area contributed by atoms with Gasteiger partial charge in [-0.05, 0) is 23.1 Å². The molecule has 0 spiro atoms. The van der Waals surface area contributed by atoms with Crippen molar-refractivity contribution in [3.63, 3.8) is 0 Å². The molecule has 2 heterocycles. The molecular formula is C17H11F3N4S2. The highest BCUT2D eigenvalue weighted by Crippen LogP contribution is 2.34. The van der Waals surface area contributed by atoms with Gasteiger partial charge in [-0.15, -0.1) is 23.1 Å². The maximum atomic E-state index is 12.8. The summed E-state index contributed by atoms with van der Waals surface area (Å²) in [5, 5.41) is 11.7. The molecule has 0 unspecified atom stereocenters. The fourth-order valence-electron chi connectivity index (χ4n) is 2.24. The van der Waals surface area contributed by atoms with Gasteiger partial charge in [0.05, 0.1) is 10.4 Å². The van der Waals surface area contributed by atoms with Gasteiger partial charge in [0.25, 0.3) is 0 Å². The SMILES string of the molecule is N#Cc1c(SCc2cccc(C(F)(F)F)c2)nc(N)nc1-c1cccs1. The average molecular weight is 392 g/mol. The van der Waals surface area contributed by atoms with E-state index in [1.54, 1.807) is 6.07 Å². The van der Waals surface area contributed by atoms with E-state index in [0.717, 1.165) is 28.8 Å². The van der Waals surface area contributed by atoms with Crippen molar-refractivity contribution < 1.29 is 13.2 Å². The first-order chi connectivity index (χ1) is 12.4. The summed E-state index contributed by atoms with van der Waals surface area (Å²) in [5.74, 6) is 0.234. The Bertz CT molecular complexity index is 963. The second-order valence-electron chi connectivity index (χ2n) is 5.19. The van der Waals surface area contributed by atoms with Crippen LogP contribution in [-0.2, 0) is 11.9 Å². The van der Waals surface area contributed by atoms with Gasteiger partial charge < -0.3 is 5.73 Å². The smallest absolute Gasteiger partial charge is 0.368 e. The zero-order chi connectivity index (χ0) is 18.7. The fraction of sp³-hybridized carbons (Fsp3) is 0.118. The van der Waals surface area contributed by atoms with Crippen LogP contribution in [0.5, 0.6) is 0 Å². The lowest BCUT2D eigenvalue weighted by atomic mass is 10.1. The minimum atomic E-state index is -4.40. The van der Waals surface area contributed by atoms with E-state index in [-0.39, 0.29) is 17.3 Å². The fourth-order valence-corrected chi connectivity index (χ4v) is 3.89. The van der Waals surface area contributed by atoms with E-state index < -0.39 is 11.7 Å². The number of thiophene rings is 1. The van der Waals surface area contributed by atoms with Crippen LogP contribution in [0.2, 0.25) is 0 Å². The van der Waals surface area contributed by atoms with Crippen LogP contribution in [0.4, 0.5) is 19.1 Å². The highest BCUT2D eigenvalue weighted by molar-refractivity contribution is 7.98. The maximum absolute atomic E-state index is 12.8. The van der Waals surface area contributed by atoms with Crippen molar-refractivity contribution in [2.75, 3.05) is 5.73 Å². The molecule has 4 nitrogen and oxygen atoms in total. The Hall–Kier alpha value is -2.57. The summed E-state index contributed by atoms with van der Waals surface area (Å²) in [5.41, 5.74) is 6.21. The summed E-state index contributed by atoms with van der Waals surface area (Å²) in [6, 6.07) is 10.8. The van der Waals surface area contributed by atoms with Gasteiger partial charge in [-0.25, -0.2) is 9.97 Å². The first kappa shape index (κ1) is 18.2. The van der Waals surface area contributed by atoms with Gasteiger partial charge in [0.15, 0.2) is 0 Å². The zero-order valence-electron chi connectivity index (χ0n) is 13.1. The number of nitrogen functional groups attached to an aromatic ring is 1. The average Bonchev–Trinajstić information content (AvgIpc) is 3.13. The van der Waals surface area contributed by atoms with Gasteiger partial charge in [-0.2, -0.15) is 18.4 Å². The molecule has 2 N–H and O–H groups in total. The third-order valence-electron chi connectivity index (χ3n) is 3.39. The predicted molar refractivity (Wildman–Crippen MR) is 95.5 cm³/mol. The van der Waals surface area contributed by atoms with Crippen molar-refractivity contribution in [3.8, 4) is 16.6 Å². The van der Waals surface area contributed by atoms with E-state index in [9.17, 15) is 18.4 Å². The highest BCUT2D eigenvalue weighted by Gasteiger charge is 2.30. The van der Waals surface area contributed by atoms with Crippen LogP contribution >= 0.6 is 23.1 Å². The number of benzene rings is 1. The van der Waals surface area contributed by atoms with Crippen molar-refractivity contribution in [2.24, 2.45) is 0 Å². The molecule has 1 aromatic carbocycles. The number of thioether (sulfide) groups is 1. The number of hydrogen-bond donors (Lipinski definition) is 1. The predicted octanol–water partition coefficient (Wildman–Crippen LogP) is 4.97. The summed E-state index contributed by atoms with van der Waals surface area (Å²) in [6.07, 6.45) is -4.40. The lowest BCUT2D eigenvalue weighted by molar-refractivity contribution is -0.137. The van der Waals surface area contributed by atoms with Gasteiger partial charge in [0.1, 0.15) is 22.4 Å². The number of rotatable bonds is 4. The Morgan fingerprint density at radius 3 is 2.65 bits per heavy atom. The second-order valence-corrected chi connectivity index (χ2v) is 7.10. The van der Waals surface area contributed by atoms with Gasteiger partial charge >= 0.3 is 6.18 Å². The van der Waals surface area contributed by atoms with Crippen LogP contribution in [-0.4, -0.2) is 9.97 Å². The van der Waals surface area contributed by atoms with Gasteiger partial charge in [0.2, 0.25) is 5.95 Å². The molecule has 3 aromatic rings. The van der Waals surface area contributed by atoms with Crippen LogP contribution in [0.15, 0.2) is 46.8 Å². The Balaban J connectivity index is 1.91. The quantitative estimate of drug-likeness (QED) is 0.501. The molecule has 0 radical (unpaired) electrons. The van der Waals surface area contributed by atoms with Gasteiger partial charge in [-0.3, -0.25) is 0 Å². The molecule has 2 aromatic heterocycles. The van der Waals surface area contributed by atoms with Crippen LogP contribution < -0.4 is 5.73 Å². The third kappa shape index (κ3) is 3.98. The molecule has 3 rings (SSSR count). The lowest BCUT2D eigenvalue weighted by Gasteiger charge is -2.10. The number of anilines is 1. The maximum Gasteiger partial charge on any atom is 0.416 e. The molecule has 26 heavy (non-hydrogen) atoms. The Labute approximate surface area is 155 Å². The molecule has 0 bridgehead atoms. The molecule has 9 heteroatoms. The summed E-state index contributed by atoms with van der Waals surface area (Å²) in [4.78, 5) is 9.01. The number of hydrogen-bond acceptors (Lipinski definition) is 6. The molecule has 0 aliphatic heterocycles. The standard InChI is InChI=1S/C17H11F3N4S2/c18-17(19,20)11-4-1-3-10(7-11)9-26-15-12(8-21)14(23-16(22)24-15)13-5-2-6-25-13/h1-7H,9H2,(H2,22,23,24). The second kappa shape index (κ2) is 7.35. The van der Waals surface area contributed by atoms with E-state index >= 15 is 0 Å². The van der Waals surface area contributed by atoms with E-state index in [4.69, 9.17) is 5.73 Å². The lowest BCUT2D eigenvalue weighted by Crippen LogP contribution is -2.05. The van der Waals surface area contributed by atoms with Gasteiger partial charge in [0, 0.05) is 5.75 Å². The first-order valence-electron chi connectivity index (χ1n) is 7.29. The minimum absolute atomic E-state index is 0.0129. The van der Waals surface area contributed by atoms with Crippen molar-refractivity contribution in [1.82, 2.24) is 9.97 Å². The van der Waals surface area contributed by atoms with Crippen molar-refractivity contribution >= 4 is 29.0 Å². The third-order valence-corrected chi connectivity index (χ3v) is 5.31. The zero-order valence-corrected chi connectivity index (χ0v) is 14.8. The number of nitrogens with two attached hydrogens (primary N) is 1. The van der Waals surface area contributed by atoms with Crippen LogP contribution in [0.1, 0.15) is 16.7 Å². The Kier molecular flexibility index (Phi) is 5.15. The topological polar surface area (TPSA) is 75.6 Å². The molecular weight excluding hydrogens is 381 g/mol. The summed E-state index contributed by atoms with van der Waals surface area (Å²) in [7, 11) is 0. The Morgan fingerprint density at radius 2 is 2.00 bits per heavy atom. The van der Waals surface area contributed by atoms with E-state index in [1.165, 1.54) is 17.4 Å². The number of halogens is 3. The molecule has 0 aliphatic carbocycles. The first-order valence-corrected chi connectivity index (χ1v) is 9.15. The van der Waals surface area contributed by atoms with E-state index in [1.807, 2.05) is 17.5 Å². The largest absolute Gasteiger partial charge is 0.416 e. The van der Waals surface area contributed by atoms with Crippen molar-refractivity contribution in [3.05, 3.63) is 58.5 Å². The summed E-state index contributed by atoms with van der Waals surface area (Å²) < 4.78 is 38.5. The number of alkyl halides is 3. The number of nitrogens with zero attached hydrogens (tertiary/aromatic N) is 3. The molecule has 0 saturated heterocycles. The number of nitriles is 1. The molecule has 0 fully saturated rings. The van der Waals surface area contributed by atoms with Crippen LogP contribution in [0.3, 0.4) is 0 Å². The normalized spacial score (nSPS) is 11.3. The summed E-state index contributed by atoms with van der Waals surface area (Å²) >= 11 is 2.56. The monoisotopic (exact) mass is 392 g/mol. The number of aromatic nitrogens is 2. The minimum Gasteiger partial charge on any atom is -0.368 e. The van der Waals surface area contributed by atoms with Gasteiger partial charge in [-0.1, -0.05) is 24.3 Å². The van der Waals surface area contributed by atoms with Crippen molar-refractivity contribution in [2.45, 2.75) is 17.0 Å². The summed E-state index contributed by atoms with van der Waals surface area (Å²) in [6.45, 7) is 0. The van der Waals surface area contributed by atoms with E-state index in [0.29, 0.717) is 16.3 Å². The molecule has 0 aliphatic rings. The molecule has 0 amide bonds. The van der Waals surface area contributed by atoms with Crippen LogP contribution in [0.25, 0.3) is 10.6 Å².